The molecule has 3 heterocycles. The van der Waals surface area contributed by atoms with Gasteiger partial charge in [-0.05, 0) is 0 Å². The molecule has 1 saturated heterocycles. The second kappa shape index (κ2) is 0.531. The molecule has 32 valence electrons. The molecule has 1 unspecified atom stereocenters. The maximum Gasteiger partial charge on any atom is 0.389 e. The van der Waals surface area contributed by atoms with Crippen molar-refractivity contribution in [3.8, 4) is 0 Å². The van der Waals surface area contributed by atoms with Gasteiger partial charge in [-0.25, -0.2) is 0 Å². The molecule has 3 rings (SSSR count). The minimum absolute atomic E-state index is 0.0556. The fourth-order valence-electron chi connectivity index (χ4n) is 0.527. The molecule has 1 fully saturated rings. The van der Waals surface area contributed by atoms with Crippen LogP contribution in [0, 0.1) is 0 Å². The Morgan fingerprint density at radius 3 is 2.83 bits per heavy atom. The van der Waals surface area contributed by atoms with Crippen molar-refractivity contribution in [2.24, 2.45) is 4.99 Å². The van der Waals surface area contributed by atoms with E-state index < -0.39 is 0 Å². The van der Waals surface area contributed by atoms with Gasteiger partial charge in [0, 0.05) is 0 Å². The Morgan fingerprint density at radius 2 is 2.67 bits per heavy atom. The Labute approximate surface area is 34.6 Å². The minimum atomic E-state index is 0.0556. The van der Waals surface area contributed by atoms with Crippen molar-refractivity contribution in [2.75, 3.05) is 6.61 Å². The number of nitrogens with zero attached hydrogens (tertiary/aromatic N) is 1. The van der Waals surface area contributed by atoms with Crippen LogP contribution in [0.15, 0.2) is 4.99 Å². The fraction of sp³-hybridized carbons (Fsp3) is 0.667. The van der Waals surface area contributed by atoms with Crippen LogP contribution in [0.4, 0.5) is 0 Å². The van der Waals surface area contributed by atoms with Crippen molar-refractivity contribution < 1.29 is 9.47 Å². The molecule has 3 aliphatic heterocycles. The molecule has 1 atom stereocenters. The van der Waals surface area contributed by atoms with E-state index in [0.717, 1.165) is 0 Å². The van der Waals surface area contributed by atoms with Crippen LogP contribution in [0.25, 0.3) is 0 Å². The van der Waals surface area contributed by atoms with Crippen LogP contribution in [-0.2, 0) is 9.47 Å². The predicted octanol–water partition coefficient (Wildman–Crippen LogP) is -0.271. The molecule has 0 aromatic carbocycles. The Morgan fingerprint density at radius 1 is 1.83 bits per heavy atom. The van der Waals surface area contributed by atoms with Crippen LogP contribution in [0.3, 0.4) is 0 Å². The fourth-order valence-corrected chi connectivity index (χ4v) is 0.527. The summed E-state index contributed by atoms with van der Waals surface area (Å²) in [6.07, 6.45) is 0.528. The highest BCUT2D eigenvalue weighted by Crippen LogP contribution is 2.17. The van der Waals surface area contributed by atoms with Crippen molar-refractivity contribution >= 4 is 6.08 Å². The summed E-state index contributed by atoms with van der Waals surface area (Å²) >= 11 is 0. The summed E-state index contributed by atoms with van der Waals surface area (Å²) in [6, 6.07) is 0. The van der Waals surface area contributed by atoms with Gasteiger partial charge in [0.25, 0.3) is 0 Å². The van der Waals surface area contributed by atoms with Gasteiger partial charge in [0.05, 0.1) is 0 Å². The third kappa shape index (κ3) is 0.112. The first-order valence-electron chi connectivity index (χ1n) is 1.82. The molecule has 3 aliphatic rings. The Kier molecular flexibility index (Phi) is 0.216. The van der Waals surface area contributed by atoms with E-state index in [-0.39, 0.29) is 6.23 Å². The highest BCUT2D eigenvalue weighted by molar-refractivity contribution is 5.73. The largest absolute Gasteiger partial charge is 0.444 e. The third-order valence-corrected chi connectivity index (χ3v) is 0.836. The predicted molar refractivity (Wildman–Crippen MR) is 18.3 cm³/mol. The average Bonchev–Trinajstić information content (AvgIpc) is 1.72. The van der Waals surface area contributed by atoms with Crippen molar-refractivity contribution in [1.29, 1.82) is 0 Å². The lowest BCUT2D eigenvalue weighted by Crippen LogP contribution is -2.16. The number of aliphatic imine (C=N–C) groups is 1. The van der Waals surface area contributed by atoms with Crippen LogP contribution < -0.4 is 0 Å². The standard InChI is InChI=1S/C3H3NO2/c1-2-4-3(5-1)6-2/h2H,1H2. The number of hydrogen-bond acceptors (Lipinski definition) is 3. The first kappa shape index (κ1) is 2.44. The Bertz CT molecular complexity index is 105. The van der Waals surface area contributed by atoms with E-state index in [9.17, 15) is 0 Å². The molecule has 2 bridgehead atoms. The molecule has 0 spiro atoms. The lowest BCUT2D eigenvalue weighted by atomic mass is 10.6. The van der Waals surface area contributed by atoms with Gasteiger partial charge in [-0.2, -0.15) is 4.99 Å². The summed E-state index contributed by atoms with van der Waals surface area (Å²) < 4.78 is 9.53. The number of hydrogen-bond donors (Lipinski definition) is 0. The van der Waals surface area contributed by atoms with Crippen LogP contribution >= 0.6 is 0 Å². The molecule has 0 aromatic heterocycles. The molecule has 0 radical (unpaired) electrons. The number of fused-ring (bicyclic) bond motifs is 1. The van der Waals surface area contributed by atoms with Crippen LogP contribution in [0.5, 0.6) is 0 Å². The monoisotopic (exact) mass is 85.0 g/mol. The van der Waals surface area contributed by atoms with Gasteiger partial charge in [-0.3, -0.25) is 0 Å². The van der Waals surface area contributed by atoms with Gasteiger partial charge in [-0.15, -0.1) is 0 Å². The van der Waals surface area contributed by atoms with Crippen molar-refractivity contribution in [1.82, 2.24) is 0 Å². The maximum atomic E-state index is 4.78. The van der Waals surface area contributed by atoms with E-state index in [1.807, 2.05) is 0 Å². The molecule has 0 amide bonds. The van der Waals surface area contributed by atoms with Gasteiger partial charge >= 0.3 is 6.08 Å². The molecule has 0 aliphatic carbocycles. The second-order valence-electron chi connectivity index (χ2n) is 1.28. The summed E-state index contributed by atoms with van der Waals surface area (Å²) in [5.74, 6) is 0. The minimum Gasteiger partial charge on any atom is -0.444 e. The van der Waals surface area contributed by atoms with Crippen molar-refractivity contribution in [2.45, 2.75) is 6.23 Å². The van der Waals surface area contributed by atoms with E-state index in [2.05, 4.69) is 4.99 Å². The Balaban J connectivity index is 2.39. The summed E-state index contributed by atoms with van der Waals surface area (Å²) in [7, 11) is 0. The van der Waals surface area contributed by atoms with E-state index in [4.69, 9.17) is 9.47 Å². The normalized spacial score (nSPS) is 36.0. The smallest absolute Gasteiger partial charge is 0.389 e. The lowest BCUT2D eigenvalue weighted by Gasteiger charge is -2.05. The molecule has 0 saturated carbocycles. The molecule has 6 heavy (non-hydrogen) atoms. The van der Waals surface area contributed by atoms with Gasteiger partial charge < -0.3 is 9.47 Å². The van der Waals surface area contributed by atoms with Gasteiger partial charge in [0.1, 0.15) is 0 Å². The van der Waals surface area contributed by atoms with Crippen LogP contribution in [0.2, 0.25) is 0 Å². The maximum absolute atomic E-state index is 4.78. The van der Waals surface area contributed by atoms with Crippen LogP contribution in [0.1, 0.15) is 0 Å². The van der Waals surface area contributed by atoms with E-state index >= 15 is 0 Å². The topological polar surface area (TPSA) is 30.8 Å². The molecule has 0 N–H and O–H groups in total. The van der Waals surface area contributed by atoms with Gasteiger partial charge in [0.2, 0.25) is 6.23 Å². The zero-order valence-corrected chi connectivity index (χ0v) is 3.05. The van der Waals surface area contributed by atoms with E-state index in [1.54, 1.807) is 0 Å². The van der Waals surface area contributed by atoms with Gasteiger partial charge in [0.15, 0.2) is 6.61 Å². The quantitative estimate of drug-likeness (QED) is 0.405. The molecule has 3 heteroatoms. The average molecular weight is 85.1 g/mol. The number of ether oxygens (including phenoxy) is 2. The first-order chi connectivity index (χ1) is 2.95. The zero-order chi connectivity index (χ0) is 3.98. The van der Waals surface area contributed by atoms with E-state index in [0.29, 0.717) is 12.7 Å². The number of rotatable bonds is 0. The lowest BCUT2D eigenvalue weighted by molar-refractivity contribution is 0.189. The highest BCUT2D eigenvalue weighted by Gasteiger charge is 2.32. The highest BCUT2D eigenvalue weighted by atomic mass is 16.8. The summed E-state index contributed by atoms with van der Waals surface area (Å²) in [6.45, 7) is 0.634. The SMILES string of the molecule is C1OC2=NC1O2. The summed E-state index contributed by atoms with van der Waals surface area (Å²) in [5, 5.41) is 0. The van der Waals surface area contributed by atoms with Crippen molar-refractivity contribution in [3.05, 3.63) is 0 Å². The van der Waals surface area contributed by atoms with Crippen LogP contribution in [-0.4, -0.2) is 18.9 Å². The molecule has 0 aromatic rings. The molecular weight excluding hydrogens is 82.0 g/mol. The third-order valence-electron chi connectivity index (χ3n) is 0.836. The summed E-state index contributed by atoms with van der Waals surface area (Å²) in [5.41, 5.74) is 0. The second-order valence-corrected chi connectivity index (χ2v) is 1.28. The van der Waals surface area contributed by atoms with E-state index in [1.165, 1.54) is 0 Å². The molecular formula is C3H3NO2. The summed E-state index contributed by atoms with van der Waals surface area (Å²) in [4.78, 5) is 3.81. The van der Waals surface area contributed by atoms with Gasteiger partial charge in [-0.1, -0.05) is 0 Å². The Hall–Kier alpha value is -0.730. The zero-order valence-electron chi connectivity index (χ0n) is 3.05. The molecule has 3 nitrogen and oxygen atoms in total. The first-order valence-corrected chi connectivity index (χ1v) is 1.82. The van der Waals surface area contributed by atoms with Crippen molar-refractivity contribution in [3.63, 3.8) is 0 Å².